The summed E-state index contributed by atoms with van der Waals surface area (Å²) in [6.07, 6.45) is 4.22. The van der Waals surface area contributed by atoms with E-state index in [-0.39, 0.29) is 6.10 Å². The number of aromatic nitrogens is 3. The molecule has 5 nitrogen and oxygen atoms in total. The lowest BCUT2D eigenvalue weighted by atomic mass is 10.1. The number of nitrogens with zero attached hydrogens (tertiary/aromatic N) is 3. The molecule has 0 amide bonds. The number of ether oxygens (including phenoxy) is 1. The molecule has 3 heterocycles. The van der Waals surface area contributed by atoms with Crippen LogP contribution < -0.4 is 5.32 Å². The SMILES string of the molecule is c1nnc(C2CCCO2)n1C1CNC1. The molecule has 2 saturated heterocycles. The fourth-order valence-corrected chi connectivity index (χ4v) is 2.01. The highest BCUT2D eigenvalue weighted by Crippen LogP contribution is 2.28. The van der Waals surface area contributed by atoms with Crippen molar-refractivity contribution in [3.63, 3.8) is 0 Å². The normalized spacial score (nSPS) is 27.9. The molecule has 1 aromatic rings. The first-order valence-electron chi connectivity index (χ1n) is 5.17. The molecule has 5 heteroatoms. The molecular weight excluding hydrogens is 180 g/mol. The lowest BCUT2D eigenvalue weighted by molar-refractivity contribution is 0.0984. The van der Waals surface area contributed by atoms with Gasteiger partial charge in [-0.25, -0.2) is 0 Å². The summed E-state index contributed by atoms with van der Waals surface area (Å²) in [5.41, 5.74) is 0. The van der Waals surface area contributed by atoms with Crippen LogP contribution in [0.3, 0.4) is 0 Å². The molecule has 1 atom stereocenters. The fraction of sp³-hybridized carbons (Fsp3) is 0.778. The van der Waals surface area contributed by atoms with Crippen molar-refractivity contribution in [3.8, 4) is 0 Å². The van der Waals surface area contributed by atoms with Crippen LogP contribution in [-0.2, 0) is 4.74 Å². The second-order valence-electron chi connectivity index (χ2n) is 3.91. The molecule has 2 aliphatic rings. The Kier molecular flexibility index (Phi) is 1.99. The van der Waals surface area contributed by atoms with Crippen molar-refractivity contribution in [3.05, 3.63) is 12.2 Å². The van der Waals surface area contributed by atoms with E-state index in [1.807, 2.05) is 6.33 Å². The van der Waals surface area contributed by atoms with E-state index in [4.69, 9.17) is 4.74 Å². The largest absolute Gasteiger partial charge is 0.370 e. The zero-order valence-corrected chi connectivity index (χ0v) is 8.02. The molecule has 1 N–H and O–H groups in total. The summed E-state index contributed by atoms with van der Waals surface area (Å²) in [6, 6.07) is 0.532. The van der Waals surface area contributed by atoms with E-state index in [2.05, 4.69) is 20.1 Å². The van der Waals surface area contributed by atoms with Crippen molar-refractivity contribution in [2.75, 3.05) is 19.7 Å². The average molecular weight is 194 g/mol. The van der Waals surface area contributed by atoms with Crippen LogP contribution >= 0.6 is 0 Å². The molecule has 3 rings (SSSR count). The molecule has 14 heavy (non-hydrogen) atoms. The predicted octanol–water partition coefficient (Wildman–Crippen LogP) is 0.274. The van der Waals surface area contributed by atoms with Gasteiger partial charge in [0.2, 0.25) is 0 Å². The van der Waals surface area contributed by atoms with Gasteiger partial charge in [0.05, 0.1) is 6.04 Å². The van der Waals surface area contributed by atoms with E-state index in [9.17, 15) is 0 Å². The first kappa shape index (κ1) is 8.38. The summed E-state index contributed by atoms with van der Waals surface area (Å²) >= 11 is 0. The Morgan fingerprint density at radius 2 is 2.43 bits per heavy atom. The highest BCUT2D eigenvalue weighted by Gasteiger charge is 2.28. The minimum Gasteiger partial charge on any atom is -0.370 e. The molecule has 2 aliphatic heterocycles. The third kappa shape index (κ3) is 1.24. The third-order valence-corrected chi connectivity index (χ3v) is 2.97. The molecule has 0 spiro atoms. The maximum absolute atomic E-state index is 5.61. The Labute approximate surface area is 82.5 Å². The lowest BCUT2D eigenvalue weighted by Crippen LogP contribution is -2.43. The molecule has 1 aromatic heterocycles. The maximum Gasteiger partial charge on any atom is 0.162 e. The highest BCUT2D eigenvalue weighted by atomic mass is 16.5. The molecule has 0 radical (unpaired) electrons. The summed E-state index contributed by atoms with van der Waals surface area (Å²) < 4.78 is 7.77. The van der Waals surface area contributed by atoms with E-state index in [0.29, 0.717) is 6.04 Å². The minimum absolute atomic E-state index is 0.179. The Morgan fingerprint density at radius 3 is 3.07 bits per heavy atom. The van der Waals surface area contributed by atoms with Crippen molar-refractivity contribution in [1.29, 1.82) is 0 Å². The summed E-state index contributed by atoms with van der Waals surface area (Å²) in [4.78, 5) is 0. The monoisotopic (exact) mass is 194 g/mol. The van der Waals surface area contributed by atoms with Gasteiger partial charge in [-0.3, -0.25) is 0 Å². The van der Waals surface area contributed by atoms with Crippen LogP contribution in [0.2, 0.25) is 0 Å². The van der Waals surface area contributed by atoms with E-state index in [1.54, 1.807) is 0 Å². The van der Waals surface area contributed by atoms with Gasteiger partial charge in [-0.15, -0.1) is 10.2 Å². The zero-order chi connectivity index (χ0) is 9.38. The topological polar surface area (TPSA) is 52.0 Å². The Bertz CT molecular complexity index is 314. The second-order valence-corrected chi connectivity index (χ2v) is 3.91. The van der Waals surface area contributed by atoms with Crippen LogP contribution in [0.4, 0.5) is 0 Å². The van der Waals surface area contributed by atoms with Crippen LogP contribution in [0.5, 0.6) is 0 Å². The second kappa shape index (κ2) is 3.33. The smallest absolute Gasteiger partial charge is 0.162 e. The fourth-order valence-electron chi connectivity index (χ4n) is 2.01. The van der Waals surface area contributed by atoms with Crippen LogP contribution in [0.15, 0.2) is 6.33 Å². The van der Waals surface area contributed by atoms with Crippen molar-refractivity contribution in [2.45, 2.75) is 25.0 Å². The Hall–Kier alpha value is -0.940. The molecule has 1 unspecified atom stereocenters. The number of nitrogens with one attached hydrogen (secondary N) is 1. The van der Waals surface area contributed by atoms with Gasteiger partial charge >= 0.3 is 0 Å². The summed E-state index contributed by atoms with van der Waals surface area (Å²) in [7, 11) is 0. The summed E-state index contributed by atoms with van der Waals surface area (Å²) in [5.74, 6) is 1.01. The number of hydrogen-bond acceptors (Lipinski definition) is 4. The summed E-state index contributed by atoms with van der Waals surface area (Å²) in [6.45, 7) is 2.91. The van der Waals surface area contributed by atoms with Crippen molar-refractivity contribution >= 4 is 0 Å². The van der Waals surface area contributed by atoms with Gasteiger partial charge in [-0.05, 0) is 12.8 Å². The van der Waals surface area contributed by atoms with Crippen LogP contribution in [0.1, 0.15) is 30.8 Å². The van der Waals surface area contributed by atoms with Gasteiger partial charge in [0.15, 0.2) is 5.82 Å². The summed E-state index contributed by atoms with van der Waals surface area (Å²) in [5, 5.41) is 11.4. The first-order valence-corrected chi connectivity index (χ1v) is 5.17. The van der Waals surface area contributed by atoms with Crippen LogP contribution in [0.25, 0.3) is 0 Å². The Balaban J connectivity index is 1.85. The van der Waals surface area contributed by atoms with Crippen LogP contribution in [0, 0.1) is 0 Å². The van der Waals surface area contributed by atoms with Crippen molar-refractivity contribution in [2.24, 2.45) is 0 Å². The van der Waals surface area contributed by atoms with Gasteiger partial charge < -0.3 is 14.6 Å². The molecule has 0 bridgehead atoms. The molecular formula is C9H14N4O. The zero-order valence-electron chi connectivity index (χ0n) is 8.02. The van der Waals surface area contributed by atoms with E-state index in [1.165, 1.54) is 0 Å². The standard InChI is InChI=1S/C9H14N4O/c1-2-8(14-3-1)9-12-11-6-13(9)7-4-10-5-7/h6-8,10H,1-5H2. The molecule has 0 saturated carbocycles. The molecule has 76 valence electrons. The van der Waals surface area contributed by atoms with Crippen molar-refractivity contribution < 1.29 is 4.74 Å². The molecule has 0 aliphatic carbocycles. The predicted molar refractivity (Wildman–Crippen MR) is 49.9 cm³/mol. The van der Waals surface area contributed by atoms with Gasteiger partial charge in [0, 0.05) is 19.7 Å². The minimum atomic E-state index is 0.179. The van der Waals surface area contributed by atoms with Crippen LogP contribution in [-0.4, -0.2) is 34.5 Å². The average Bonchev–Trinajstić information content (AvgIpc) is 2.66. The first-order chi connectivity index (χ1) is 6.95. The quantitative estimate of drug-likeness (QED) is 0.734. The highest BCUT2D eigenvalue weighted by molar-refractivity contribution is 4.99. The van der Waals surface area contributed by atoms with Gasteiger partial charge in [0.1, 0.15) is 12.4 Å². The number of rotatable bonds is 2. The van der Waals surface area contributed by atoms with Crippen molar-refractivity contribution in [1.82, 2.24) is 20.1 Å². The Morgan fingerprint density at radius 1 is 1.50 bits per heavy atom. The third-order valence-electron chi connectivity index (χ3n) is 2.97. The van der Waals surface area contributed by atoms with Gasteiger partial charge in [0.25, 0.3) is 0 Å². The van der Waals surface area contributed by atoms with Gasteiger partial charge in [-0.2, -0.15) is 0 Å². The maximum atomic E-state index is 5.61. The number of hydrogen-bond donors (Lipinski definition) is 1. The molecule has 0 aromatic carbocycles. The van der Waals surface area contributed by atoms with Gasteiger partial charge in [-0.1, -0.05) is 0 Å². The van der Waals surface area contributed by atoms with E-state index in [0.717, 1.165) is 38.4 Å². The van der Waals surface area contributed by atoms with E-state index >= 15 is 0 Å². The lowest BCUT2D eigenvalue weighted by Gasteiger charge is -2.29. The molecule has 2 fully saturated rings. The van der Waals surface area contributed by atoms with E-state index < -0.39 is 0 Å².